The Hall–Kier alpha value is -1.29. The minimum Gasteiger partial charge on any atom is -0.399 e. The molecular weight excluding hydrogens is 218 g/mol. The van der Waals surface area contributed by atoms with Crippen molar-refractivity contribution in [1.29, 1.82) is 0 Å². The van der Waals surface area contributed by atoms with Crippen LogP contribution in [0.25, 0.3) is 10.2 Å². The molecule has 1 aromatic heterocycles. The van der Waals surface area contributed by atoms with E-state index in [2.05, 4.69) is 30.8 Å². The monoisotopic (exact) mass is 235 g/mol. The van der Waals surface area contributed by atoms with E-state index in [4.69, 9.17) is 5.73 Å². The van der Waals surface area contributed by atoms with Crippen LogP contribution in [0.1, 0.15) is 13.8 Å². The second-order valence-electron chi connectivity index (χ2n) is 4.50. The first-order valence-corrected chi connectivity index (χ1v) is 6.25. The van der Waals surface area contributed by atoms with Crippen LogP contribution >= 0.6 is 11.3 Å². The molecule has 2 rings (SSSR count). The molecule has 0 aliphatic rings. The molecule has 0 aliphatic heterocycles. The van der Waals surface area contributed by atoms with E-state index < -0.39 is 0 Å². The van der Waals surface area contributed by atoms with Crippen molar-refractivity contribution in [2.24, 2.45) is 5.92 Å². The molecule has 0 fully saturated rings. The normalized spacial score (nSPS) is 11.2. The number of fused-ring (bicyclic) bond motifs is 1. The zero-order valence-corrected chi connectivity index (χ0v) is 10.7. The van der Waals surface area contributed by atoms with Gasteiger partial charge in [0.25, 0.3) is 0 Å². The van der Waals surface area contributed by atoms with E-state index in [0.717, 1.165) is 27.6 Å². The van der Waals surface area contributed by atoms with E-state index in [0.29, 0.717) is 5.92 Å². The van der Waals surface area contributed by atoms with E-state index in [1.54, 1.807) is 11.3 Å². The van der Waals surface area contributed by atoms with Crippen molar-refractivity contribution in [2.75, 3.05) is 24.2 Å². The predicted octanol–water partition coefficient (Wildman–Crippen LogP) is 2.97. The van der Waals surface area contributed by atoms with Crippen LogP contribution in [0, 0.1) is 5.92 Å². The summed E-state index contributed by atoms with van der Waals surface area (Å²) in [6, 6.07) is 5.86. The lowest BCUT2D eigenvalue weighted by molar-refractivity contribution is 0.638. The Balaban J connectivity index is 2.32. The molecule has 0 bridgehead atoms. The van der Waals surface area contributed by atoms with E-state index >= 15 is 0 Å². The number of thiazole rings is 1. The number of aromatic nitrogens is 1. The van der Waals surface area contributed by atoms with Crippen molar-refractivity contribution in [3.63, 3.8) is 0 Å². The summed E-state index contributed by atoms with van der Waals surface area (Å²) in [6.45, 7) is 5.44. The van der Waals surface area contributed by atoms with Gasteiger partial charge in [0.2, 0.25) is 0 Å². The average Bonchev–Trinajstić information content (AvgIpc) is 2.59. The molecule has 0 saturated heterocycles. The molecule has 0 radical (unpaired) electrons. The first-order chi connectivity index (χ1) is 7.56. The Morgan fingerprint density at radius 3 is 2.88 bits per heavy atom. The minimum absolute atomic E-state index is 0.641. The number of hydrogen-bond donors (Lipinski definition) is 1. The Kier molecular flexibility index (Phi) is 3.01. The number of rotatable bonds is 3. The van der Waals surface area contributed by atoms with E-state index in [1.165, 1.54) is 0 Å². The fourth-order valence-corrected chi connectivity index (χ4v) is 2.70. The molecular formula is C12H17N3S. The van der Waals surface area contributed by atoms with E-state index in [9.17, 15) is 0 Å². The fourth-order valence-electron chi connectivity index (χ4n) is 1.72. The third-order valence-electron chi connectivity index (χ3n) is 2.37. The second-order valence-corrected chi connectivity index (χ2v) is 5.51. The van der Waals surface area contributed by atoms with Crippen LogP contribution in [-0.2, 0) is 0 Å². The lowest BCUT2D eigenvalue weighted by Crippen LogP contribution is -2.22. The van der Waals surface area contributed by atoms with Crippen LogP contribution in [0.4, 0.5) is 10.8 Å². The highest BCUT2D eigenvalue weighted by Gasteiger charge is 2.09. The third kappa shape index (κ3) is 2.27. The van der Waals surface area contributed by atoms with Gasteiger partial charge in [0.1, 0.15) is 0 Å². The molecule has 1 heterocycles. The van der Waals surface area contributed by atoms with Gasteiger partial charge < -0.3 is 10.6 Å². The fraction of sp³-hybridized carbons (Fsp3) is 0.417. The van der Waals surface area contributed by atoms with Gasteiger partial charge in [-0.05, 0) is 24.1 Å². The summed E-state index contributed by atoms with van der Waals surface area (Å²) in [4.78, 5) is 6.80. The van der Waals surface area contributed by atoms with Gasteiger partial charge in [-0.25, -0.2) is 4.98 Å². The summed E-state index contributed by atoms with van der Waals surface area (Å²) in [5, 5.41) is 1.06. The Morgan fingerprint density at radius 1 is 1.44 bits per heavy atom. The standard InChI is InChI=1S/C12H17N3S/c1-8(2)7-15(3)12-14-10-5-4-9(13)6-11(10)16-12/h4-6,8H,7,13H2,1-3H3. The van der Waals surface area contributed by atoms with Gasteiger partial charge in [-0.2, -0.15) is 0 Å². The molecule has 0 unspecified atom stereocenters. The number of benzene rings is 1. The van der Waals surface area contributed by atoms with Crippen LogP contribution in [0.15, 0.2) is 18.2 Å². The van der Waals surface area contributed by atoms with Crippen LogP contribution < -0.4 is 10.6 Å². The molecule has 3 nitrogen and oxygen atoms in total. The number of hydrogen-bond acceptors (Lipinski definition) is 4. The van der Waals surface area contributed by atoms with Crippen LogP contribution in [0.3, 0.4) is 0 Å². The third-order valence-corrected chi connectivity index (χ3v) is 3.50. The van der Waals surface area contributed by atoms with Gasteiger partial charge in [-0.1, -0.05) is 25.2 Å². The minimum atomic E-state index is 0.641. The summed E-state index contributed by atoms with van der Waals surface area (Å²) in [6.07, 6.45) is 0. The van der Waals surface area contributed by atoms with Crippen LogP contribution in [0.2, 0.25) is 0 Å². The predicted molar refractivity (Wildman–Crippen MR) is 72.1 cm³/mol. The van der Waals surface area contributed by atoms with Gasteiger partial charge in [0, 0.05) is 19.3 Å². The molecule has 2 N–H and O–H groups in total. The maximum atomic E-state index is 5.76. The summed E-state index contributed by atoms with van der Waals surface area (Å²) >= 11 is 1.70. The maximum absolute atomic E-state index is 5.76. The van der Waals surface area contributed by atoms with Crippen LogP contribution in [0.5, 0.6) is 0 Å². The molecule has 2 aromatic rings. The first kappa shape index (κ1) is 11.2. The maximum Gasteiger partial charge on any atom is 0.186 e. The molecule has 0 atom stereocenters. The van der Waals surface area contributed by atoms with Crippen molar-refractivity contribution in [1.82, 2.24) is 4.98 Å². The lowest BCUT2D eigenvalue weighted by Gasteiger charge is -2.17. The van der Waals surface area contributed by atoms with Crippen molar-refractivity contribution < 1.29 is 0 Å². The summed E-state index contributed by atoms with van der Waals surface area (Å²) in [5.74, 6) is 0.641. The highest BCUT2D eigenvalue weighted by Crippen LogP contribution is 2.29. The number of nitrogens with zero attached hydrogens (tertiary/aromatic N) is 2. The molecule has 16 heavy (non-hydrogen) atoms. The van der Waals surface area contributed by atoms with Crippen LogP contribution in [-0.4, -0.2) is 18.6 Å². The summed E-state index contributed by atoms with van der Waals surface area (Å²) in [7, 11) is 2.08. The van der Waals surface area contributed by atoms with Crippen molar-refractivity contribution in [3.05, 3.63) is 18.2 Å². The van der Waals surface area contributed by atoms with Crippen molar-refractivity contribution in [2.45, 2.75) is 13.8 Å². The molecule has 0 aliphatic carbocycles. The topological polar surface area (TPSA) is 42.2 Å². The Morgan fingerprint density at radius 2 is 2.19 bits per heavy atom. The smallest absolute Gasteiger partial charge is 0.186 e. The van der Waals surface area contributed by atoms with Gasteiger partial charge in [-0.3, -0.25) is 0 Å². The van der Waals surface area contributed by atoms with Gasteiger partial charge >= 0.3 is 0 Å². The summed E-state index contributed by atoms with van der Waals surface area (Å²) < 4.78 is 1.16. The van der Waals surface area contributed by atoms with E-state index in [1.807, 2.05) is 18.2 Å². The van der Waals surface area contributed by atoms with Gasteiger partial charge in [0.05, 0.1) is 10.2 Å². The number of nitrogens with two attached hydrogens (primary N) is 1. The van der Waals surface area contributed by atoms with Crippen molar-refractivity contribution in [3.8, 4) is 0 Å². The van der Waals surface area contributed by atoms with Gasteiger partial charge in [-0.15, -0.1) is 0 Å². The zero-order chi connectivity index (χ0) is 11.7. The second kappa shape index (κ2) is 4.29. The molecule has 1 aromatic carbocycles. The first-order valence-electron chi connectivity index (χ1n) is 5.43. The van der Waals surface area contributed by atoms with Gasteiger partial charge in [0.15, 0.2) is 5.13 Å². The molecule has 0 amide bonds. The quantitative estimate of drug-likeness (QED) is 0.832. The molecule has 0 spiro atoms. The number of nitrogen functional groups attached to an aromatic ring is 1. The highest BCUT2D eigenvalue weighted by atomic mass is 32.1. The van der Waals surface area contributed by atoms with E-state index in [-0.39, 0.29) is 0 Å². The lowest BCUT2D eigenvalue weighted by atomic mass is 10.2. The SMILES string of the molecule is CC(C)CN(C)c1nc2ccc(N)cc2s1. The average molecular weight is 235 g/mol. The zero-order valence-electron chi connectivity index (χ0n) is 9.90. The summed E-state index contributed by atoms with van der Waals surface area (Å²) in [5.41, 5.74) is 7.59. The Bertz CT molecular complexity index is 490. The highest BCUT2D eigenvalue weighted by molar-refractivity contribution is 7.22. The van der Waals surface area contributed by atoms with Crippen molar-refractivity contribution >= 4 is 32.4 Å². The molecule has 4 heteroatoms. The number of anilines is 2. The Labute approximate surface area is 99.9 Å². The molecule has 86 valence electrons. The molecule has 0 saturated carbocycles. The largest absolute Gasteiger partial charge is 0.399 e.